The van der Waals surface area contributed by atoms with Crippen LogP contribution < -0.4 is 20.7 Å². The number of benzene rings is 1. The summed E-state index contributed by atoms with van der Waals surface area (Å²) in [6.45, 7) is 12.1. The van der Waals surface area contributed by atoms with Crippen LogP contribution in [0.4, 0.5) is 0 Å². The molecule has 0 aliphatic carbocycles. The maximum atomic E-state index is 13.3. The van der Waals surface area contributed by atoms with Crippen molar-refractivity contribution in [2.24, 2.45) is 11.3 Å². The van der Waals surface area contributed by atoms with Crippen LogP contribution in [0.1, 0.15) is 72.8 Å². The average Bonchev–Trinajstić information content (AvgIpc) is 2.84. The maximum Gasteiger partial charge on any atom is 0.328 e. The summed E-state index contributed by atoms with van der Waals surface area (Å²) in [5, 5.41) is 8.41. The molecular formula is C28H45N3O6. The number of carbonyl (C=O) groups is 4. The Bertz CT molecular complexity index is 879. The summed E-state index contributed by atoms with van der Waals surface area (Å²) in [6.07, 6.45) is 3.32. The monoisotopic (exact) mass is 519 g/mol. The molecular weight excluding hydrogens is 474 g/mol. The number of hydrogen-bond donors (Lipinski definition) is 3. The summed E-state index contributed by atoms with van der Waals surface area (Å²) in [5.41, 5.74) is 0.243. The zero-order valence-corrected chi connectivity index (χ0v) is 23.4. The zero-order chi connectivity index (χ0) is 28.0. The van der Waals surface area contributed by atoms with E-state index in [9.17, 15) is 19.2 Å². The Kier molecular flexibility index (Phi) is 13.7. The second-order valence-corrected chi connectivity index (χ2v) is 10.5. The smallest absolute Gasteiger partial charge is 0.328 e. The number of ether oxygens (including phenoxy) is 2. The van der Waals surface area contributed by atoms with E-state index in [4.69, 9.17) is 9.47 Å². The Morgan fingerprint density at radius 3 is 2.16 bits per heavy atom. The summed E-state index contributed by atoms with van der Waals surface area (Å²) in [6, 6.07) is 5.60. The second kappa shape index (κ2) is 15.9. The minimum atomic E-state index is -0.909. The number of amides is 3. The van der Waals surface area contributed by atoms with Crippen molar-refractivity contribution in [2.45, 2.75) is 85.7 Å². The van der Waals surface area contributed by atoms with Crippen LogP contribution in [0, 0.1) is 11.3 Å². The zero-order valence-electron chi connectivity index (χ0n) is 23.4. The quantitative estimate of drug-likeness (QED) is 0.242. The van der Waals surface area contributed by atoms with E-state index < -0.39 is 29.4 Å². The molecule has 3 amide bonds. The highest BCUT2D eigenvalue weighted by Gasteiger charge is 2.36. The van der Waals surface area contributed by atoms with Crippen LogP contribution in [0.2, 0.25) is 0 Å². The van der Waals surface area contributed by atoms with Crippen LogP contribution >= 0.6 is 0 Å². The molecule has 1 rings (SSSR count). The number of rotatable bonds is 15. The van der Waals surface area contributed by atoms with Gasteiger partial charge >= 0.3 is 5.97 Å². The highest BCUT2D eigenvalue weighted by Crippen LogP contribution is 2.21. The van der Waals surface area contributed by atoms with Crippen molar-refractivity contribution in [3.05, 3.63) is 29.8 Å². The molecule has 0 saturated heterocycles. The third-order valence-corrected chi connectivity index (χ3v) is 5.94. The summed E-state index contributed by atoms with van der Waals surface area (Å²) in [7, 11) is 1.28. The highest BCUT2D eigenvalue weighted by atomic mass is 16.5. The summed E-state index contributed by atoms with van der Waals surface area (Å²) in [4.78, 5) is 49.7. The lowest BCUT2D eigenvalue weighted by Crippen LogP contribution is -2.57. The van der Waals surface area contributed by atoms with E-state index in [0.717, 1.165) is 30.6 Å². The topological polar surface area (TPSA) is 123 Å². The van der Waals surface area contributed by atoms with Gasteiger partial charge in [-0.3, -0.25) is 14.4 Å². The van der Waals surface area contributed by atoms with Gasteiger partial charge in [-0.05, 0) is 42.4 Å². The molecule has 1 aromatic carbocycles. The number of hydrogen-bond acceptors (Lipinski definition) is 6. The Labute approximate surface area is 221 Å². The summed E-state index contributed by atoms with van der Waals surface area (Å²) >= 11 is 0. The second-order valence-electron chi connectivity index (χ2n) is 10.5. The van der Waals surface area contributed by atoms with Crippen molar-refractivity contribution in [2.75, 3.05) is 20.3 Å². The molecule has 0 aliphatic rings. The molecule has 0 bridgehead atoms. The molecule has 3 atom stereocenters. The molecule has 0 aliphatic heterocycles. The lowest BCUT2D eigenvalue weighted by molar-refractivity contribution is -0.146. The number of unbranched alkanes of at least 4 members (excludes halogenated alkanes) is 1. The van der Waals surface area contributed by atoms with E-state index in [1.807, 2.05) is 58.9 Å². The standard InChI is InChI=1S/C28H45N3O6/c1-8-17-37-22-14-12-21(13-15-22)18-23(27(35)36-7)30-26(34)24(28(4,5)6)31-25(33)19(2)11-9-10-16-29-20(3)32/h12-15,19,23-24H,8-11,16-18H2,1-7H3,(H,29,32)(H,30,34)(H,31,33)/t19-,23-,24+/m0/s1. The van der Waals surface area contributed by atoms with Crippen molar-refractivity contribution < 1.29 is 28.7 Å². The molecule has 0 heterocycles. The van der Waals surface area contributed by atoms with Crippen molar-refractivity contribution in [1.29, 1.82) is 0 Å². The summed E-state index contributed by atoms with van der Waals surface area (Å²) < 4.78 is 10.5. The van der Waals surface area contributed by atoms with Crippen LogP contribution in [-0.4, -0.2) is 56.0 Å². The Morgan fingerprint density at radius 1 is 0.973 bits per heavy atom. The predicted molar refractivity (Wildman–Crippen MR) is 143 cm³/mol. The van der Waals surface area contributed by atoms with Crippen LogP contribution in [0.3, 0.4) is 0 Å². The fourth-order valence-electron chi connectivity index (χ4n) is 3.70. The van der Waals surface area contributed by atoms with Gasteiger partial charge in [-0.15, -0.1) is 0 Å². The van der Waals surface area contributed by atoms with Gasteiger partial charge in [0.15, 0.2) is 0 Å². The van der Waals surface area contributed by atoms with Gasteiger partial charge in [-0.1, -0.05) is 53.2 Å². The molecule has 37 heavy (non-hydrogen) atoms. The van der Waals surface area contributed by atoms with Crippen molar-refractivity contribution in [3.63, 3.8) is 0 Å². The normalized spacial score (nSPS) is 13.6. The number of nitrogens with one attached hydrogen (secondary N) is 3. The lowest BCUT2D eigenvalue weighted by atomic mass is 9.85. The van der Waals surface area contributed by atoms with Gasteiger partial charge in [-0.2, -0.15) is 0 Å². The third-order valence-electron chi connectivity index (χ3n) is 5.94. The molecule has 0 saturated carbocycles. The van der Waals surface area contributed by atoms with Crippen molar-refractivity contribution in [1.82, 2.24) is 16.0 Å². The SMILES string of the molecule is CCCOc1ccc(C[C@H](NC(=O)[C@@H](NC(=O)[C@@H](C)CCCCNC(C)=O)C(C)(C)C)C(=O)OC)cc1. The molecule has 0 aromatic heterocycles. The molecule has 9 heteroatoms. The van der Waals surface area contributed by atoms with Crippen molar-refractivity contribution in [3.8, 4) is 5.75 Å². The van der Waals surface area contributed by atoms with Gasteiger partial charge in [-0.25, -0.2) is 4.79 Å². The molecule has 1 aromatic rings. The first kappa shape index (κ1) is 31.9. The fraction of sp³-hybridized carbons (Fsp3) is 0.643. The van der Waals surface area contributed by atoms with E-state index in [0.29, 0.717) is 19.6 Å². The maximum absolute atomic E-state index is 13.3. The van der Waals surface area contributed by atoms with Crippen molar-refractivity contribution >= 4 is 23.7 Å². The van der Waals surface area contributed by atoms with Gasteiger partial charge < -0.3 is 25.4 Å². The van der Waals surface area contributed by atoms with Gasteiger partial charge in [0, 0.05) is 25.8 Å². The fourth-order valence-corrected chi connectivity index (χ4v) is 3.70. The van der Waals surface area contributed by atoms with Crippen LogP contribution in [0.15, 0.2) is 24.3 Å². The van der Waals surface area contributed by atoms with Gasteiger partial charge in [0.1, 0.15) is 17.8 Å². The molecule has 9 nitrogen and oxygen atoms in total. The van der Waals surface area contributed by atoms with Gasteiger partial charge in [0.05, 0.1) is 13.7 Å². The van der Waals surface area contributed by atoms with Crippen LogP contribution in [0.25, 0.3) is 0 Å². The minimum Gasteiger partial charge on any atom is -0.494 e. The average molecular weight is 520 g/mol. The van der Waals surface area contributed by atoms with E-state index in [1.165, 1.54) is 14.0 Å². The minimum absolute atomic E-state index is 0.0758. The van der Waals surface area contributed by atoms with E-state index in [2.05, 4.69) is 16.0 Å². The molecule has 208 valence electrons. The van der Waals surface area contributed by atoms with Gasteiger partial charge in [0.25, 0.3) is 0 Å². The van der Waals surface area contributed by atoms with Crippen LogP contribution in [0.5, 0.6) is 5.75 Å². The number of carbonyl (C=O) groups excluding carboxylic acids is 4. The molecule has 0 fully saturated rings. The lowest BCUT2D eigenvalue weighted by Gasteiger charge is -2.32. The van der Waals surface area contributed by atoms with Crippen LogP contribution in [-0.2, 0) is 30.3 Å². The molecule has 3 N–H and O–H groups in total. The third kappa shape index (κ3) is 12.1. The first-order valence-corrected chi connectivity index (χ1v) is 13.0. The first-order chi connectivity index (χ1) is 17.4. The molecule has 0 unspecified atom stereocenters. The van der Waals surface area contributed by atoms with E-state index in [-0.39, 0.29) is 24.2 Å². The number of esters is 1. The Balaban J connectivity index is 2.83. The van der Waals surface area contributed by atoms with E-state index >= 15 is 0 Å². The molecule has 0 spiro atoms. The first-order valence-electron chi connectivity index (χ1n) is 13.0. The van der Waals surface area contributed by atoms with Gasteiger partial charge in [0.2, 0.25) is 17.7 Å². The molecule has 0 radical (unpaired) electrons. The predicted octanol–water partition coefficient (Wildman–Crippen LogP) is 3.15. The highest BCUT2D eigenvalue weighted by molar-refractivity contribution is 5.91. The largest absolute Gasteiger partial charge is 0.494 e. The Hall–Kier alpha value is -3.10. The van der Waals surface area contributed by atoms with E-state index in [1.54, 1.807) is 0 Å². The summed E-state index contributed by atoms with van der Waals surface area (Å²) in [5.74, 6) is -0.882. The number of methoxy groups -OCH3 is 1. The Morgan fingerprint density at radius 2 is 1.62 bits per heavy atom.